The standard InChI is InChI=1S/C15H18N6O2S/c1-11(24-15-17-18-19-21(15)12-5-6-12)14(22)20(8-3-7-16)10-13-4-2-9-23-13/h2,4,9,11-12H,3,5-6,8,10H2,1H3. The molecule has 126 valence electrons. The van der Waals surface area contributed by atoms with Gasteiger partial charge in [-0.2, -0.15) is 5.26 Å². The van der Waals surface area contributed by atoms with E-state index in [1.165, 1.54) is 11.8 Å². The molecule has 1 amide bonds. The molecule has 0 spiro atoms. The summed E-state index contributed by atoms with van der Waals surface area (Å²) < 4.78 is 7.11. The van der Waals surface area contributed by atoms with Crippen molar-refractivity contribution in [1.82, 2.24) is 25.1 Å². The minimum absolute atomic E-state index is 0.0583. The molecule has 0 aliphatic heterocycles. The molecule has 1 unspecified atom stereocenters. The van der Waals surface area contributed by atoms with Gasteiger partial charge in [0.15, 0.2) is 0 Å². The van der Waals surface area contributed by atoms with Gasteiger partial charge in [-0.25, -0.2) is 4.68 Å². The third kappa shape index (κ3) is 3.94. The number of furan rings is 1. The zero-order chi connectivity index (χ0) is 16.9. The van der Waals surface area contributed by atoms with Gasteiger partial charge in [-0.1, -0.05) is 11.8 Å². The van der Waals surface area contributed by atoms with Crippen LogP contribution in [0.3, 0.4) is 0 Å². The molecule has 1 aliphatic carbocycles. The highest BCUT2D eigenvalue weighted by Gasteiger charge is 2.30. The van der Waals surface area contributed by atoms with Gasteiger partial charge in [-0.15, -0.1) is 5.10 Å². The lowest BCUT2D eigenvalue weighted by molar-refractivity contribution is -0.131. The van der Waals surface area contributed by atoms with Gasteiger partial charge in [0, 0.05) is 6.54 Å². The lowest BCUT2D eigenvalue weighted by Gasteiger charge is -2.23. The molecule has 0 saturated heterocycles. The molecular weight excluding hydrogens is 328 g/mol. The number of nitriles is 1. The van der Waals surface area contributed by atoms with Crippen molar-refractivity contribution in [2.24, 2.45) is 0 Å². The molecule has 0 radical (unpaired) electrons. The summed E-state index contributed by atoms with van der Waals surface area (Å²) in [6, 6.07) is 6.04. The van der Waals surface area contributed by atoms with Crippen LogP contribution in [-0.4, -0.2) is 42.8 Å². The second-order valence-electron chi connectivity index (χ2n) is 5.64. The third-order valence-corrected chi connectivity index (χ3v) is 4.75. The summed E-state index contributed by atoms with van der Waals surface area (Å²) in [4.78, 5) is 14.4. The fourth-order valence-electron chi connectivity index (χ4n) is 2.32. The maximum Gasteiger partial charge on any atom is 0.236 e. The average molecular weight is 346 g/mol. The van der Waals surface area contributed by atoms with Crippen LogP contribution in [0.1, 0.15) is 38.0 Å². The molecule has 0 aromatic carbocycles. The lowest BCUT2D eigenvalue weighted by atomic mass is 10.3. The third-order valence-electron chi connectivity index (χ3n) is 3.72. The highest BCUT2D eigenvalue weighted by Crippen LogP contribution is 2.37. The largest absolute Gasteiger partial charge is 0.467 e. The van der Waals surface area contributed by atoms with E-state index in [2.05, 4.69) is 21.6 Å². The molecule has 2 heterocycles. The summed E-state index contributed by atoms with van der Waals surface area (Å²) in [5.41, 5.74) is 0. The predicted octanol–water partition coefficient (Wildman–Crippen LogP) is 2.02. The number of thioether (sulfide) groups is 1. The molecule has 9 heteroatoms. The van der Waals surface area contributed by atoms with Gasteiger partial charge in [-0.05, 0) is 42.3 Å². The van der Waals surface area contributed by atoms with Crippen LogP contribution < -0.4 is 0 Å². The Labute approximate surface area is 143 Å². The first-order valence-corrected chi connectivity index (χ1v) is 8.69. The number of aromatic nitrogens is 4. The minimum Gasteiger partial charge on any atom is -0.467 e. The first kappa shape index (κ1) is 16.5. The Morgan fingerprint density at radius 3 is 3.12 bits per heavy atom. The second-order valence-corrected chi connectivity index (χ2v) is 6.95. The van der Waals surface area contributed by atoms with Crippen molar-refractivity contribution in [3.05, 3.63) is 24.2 Å². The van der Waals surface area contributed by atoms with Gasteiger partial charge in [0.2, 0.25) is 11.1 Å². The highest BCUT2D eigenvalue weighted by molar-refractivity contribution is 8.00. The quantitative estimate of drug-likeness (QED) is 0.674. The fourth-order valence-corrected chi connectivity index (χ4v) is 3.26. The molecule has 1 fully saturated rings. The maximum atomic E-state index is 12.8. The molecule has 2 aromatic heterocycles. The van der Waals surface area contributed by atoms with E-state index in [1.54, 1.807) is 21.9 Å². The van der Waals surface area contributed by atoms with Crippen molar-refractivity contribution in [2.45, 2.75) is 49.2 Å². The minimum atomic E-state index is -0.345. The molecule has 1 saturated carbocycles. The van der Waals surface area contributed by atoms with Crippen LogP contribution in [0.5, 0.6) is 0 Å². The van der Waals surface area contributed by atoms with E-state index in [9.17, 15) is 4.79 Å². The van der Waals surface area contributed by atoms with E-state index in [1.807, 2.05) is 13.0 Å². The van der Waals surface area contributed by atoms with Crippen LogP contribution >= 0.6 is 11.8 Å². The Balaban J connectivity index is 1.66. The molecule has 1 atom stereocenters. The van der Waals surface area contributed by atoms with Crippen LogP contribution in [0.15, 0.2) is 28.0 Å². The number of rotatable bonds is 8. The Morgan fingerprint density at radius 2 is 2.46 bits per heavy atom. The first-order chi connectivity index (χ1) is 11.7. The average Bonchev–Trinajstić information content (AvgIpc) is 3.09. The maximum absolute atomic E-state index is 12.8. The molecule has 1 aliphatic rings. The van der Waals surface area contributed by atoms with E-state index < -0.39 is 0 Å². The van der Waals surface area contributed by atoms with Crippen molar-refractivity contribution in [1.29, 1.82) is 5.26 Å². The molecule has 24 heavy (non-hydrogen) atoms. The summed E-state index contributed by atoms with van der Waals surface area (Å²) in [7, 11) is 0. The molecule has 2 aromatic rings. The van der Waals surface area contributed by atoms with Crippen molar-refractivity contribution in [3.63, 3.8) is 0 Å². The number of hydrogen-bond donors (Lipinski definition) is 0. The summed E-state index contributed by atoms with van der Waals surface area (Å²) in [6.45, 7) is 2.56. The van der Waals surface area contributed by atoms with E-state index in [4.69, 9.17) is 9.68 Å². The SMILES string of the molecule is CC(Sc1nnnn1C1CC1)C(=O)N(CCC#N)Cc1ccco1. The van der Waals surface area contributed by atoms with Crippen molar-refractivity contribution >= 4 is 17.7 Å². The number of amides is 1. The molecule has 3 rings (SSSR count). The van der Waals surface area contributed by atoms with Crippen LogP contribution in [0, 0.1) is 11.3 Å². The summed E-state index contributed by atoms with van der Waals surface area (Å²) in [5.74, 6) is 0.637. The van der Waals surface area contributed by atoms with Crippen molar-refractivity contribution in [3.8, 4) is 6.07 Å². The first-order valence-electron chi connectivity index (χ1n) is 7.81. The summed E-state index contributed by atoms with van der Waals surface area (Å²) in [5, 5.41) is 20.9. The smallest absolute Gasteiger partial charge is 0.236 e. The molecule has 0 N–H and O–H groups in total. The van der Waals surface area contributed by atoms with E-state index in [-0.39, 0.29) is 17.6 Å². The zero-order valence-corrected chi connectivity index (χ0v) is 14.1. The van der Waals surface area contributed by atoms with Gasteiger partial charge in [0.1, 0.15) is 5.76 Å². The van der Waals surface area contributed by atoms with E-state index in [0.29, 0.717) is 30.0 Å². The number of carbonyl (C=O) groups excluding carboxylic acids is 1. The topological polar surface area (TPSA) is 101 Å². The van der Waals surface area contributed by atoms with Crippen LogP contribution in [-0.2, 0) is 11.3 Å². The Hall–Kier alpha value is -2.34. The van der Waals surface area contributed by atoms with Crippen LogP contribution in [0.2, 0.25) is 0 Å². The molecular formula is C15H18N6O2S. The van der Waals surface area contributed by atoms with Gasteiger partial charge < -0.3 is 9.32 Å². The van der Waals surface area contributed by atoms with Crippen molar-refractivity contribution in [2.75, 3.05) is 6.54 Å². The molecule has 0 bridgehead atoms. The monoisotopic (exact) mass is 346 g/mol. The highest BCUT2D eigenvalue weighted by atomic mass is 32.2. The van der Waals surface area contributed by atoms with E-state index in [0.717, 1.165) is 12.8 Å². The Kier molecular flexibility index (Phi) is 5.15. The fraction of sp³-hybridized carbons (Fsp3) is 0.533. The summed E-state index contributed by atoms with van der Waals surface area (Å²) >= 11 is 1.35. The second kappa shape index (κ2) is 7.49. The van der Waals surface area contributed by atoms with Gasteiger partial charge in [0.25, 0.3) is 0 Å². The zero-order valence-electron chi connectivity index (χ0n) is 13.3. The normalized spacial score (nSPS) is 15.0. The van der Waals surface area contributed by atoms with Crippen LogP contribution in [0.4, 0.5) is 0 Å². The predicted molar refractivity (Wildman–Crippen MR) is 85.8 cm³/mol. The van der Waals surface area contributed by atoms with Gasteiger partial charge in [0.05, 0.1) is 36.6 Å². The summed E-state index contributed by atoms with van der Waals surface area (Å²) in [6.07, 6.45) is 4.01. The number of carbonyl (C=O) groups is 1. The lowest BCUT2D eigenvalue weighted by Crippen LogP contribution is -2.36. The van der Waals surface area contributed by atoms with Gasteiger partial charge >= 0.3 is 0 Å². The number of hydrogen-bond acceptors (Lipinski definition) is 7. The van der Waals surface area contributed by atoms with Crippen LogP contribution in [0.25, 0.3) is 0 Å². The number of nitrogens with zero attached hydrogens (tertiary/aromatic N) is 6. The van der Waals surface area contributed by atoms with Crippen molar-refractivity contribution < 1.29 is 9.21 Å². The Morgan fingerprint density at radius 1 is 1.62 bits per heavy atom. The van der Waals surface area contributed by atoms with Gasteiger partial charge in [-0.3, -0.25) is 4.79 Å². The Bertz CT molecular complexity index is 719. The molecule has 8 nitrogen and oxygen atoms in total. The number of tetrazole rings is 1. The van der Waals surface area contributed by atoms with E-state index >= 15 is 0 Å².